The summed E-state index contributed by atoms with van der Waals surface area (Å²) in [5, 5.41) is 2.85. The largest absolute Gasteiger partial charge is 0.315 e. The molecule has 1 aliphatic rings. The Hall–Kier alpha value is -0.170. The van der Waals surface area contributed by atoms with Crippen molar-refractivity contribution in [1.29, 1.82) is 0 Å². The fraction of sp³-hybridized carbons (Fsp3) is 1.00. The predicted octanol–water partition coefficient (Wildman–Crippen LogP) is 0.730. The lowest BCUT2D eigenvalue weighted by atomic mass is 10.2. The standard InChI is InChI=1S/C13H29N3O2S/c1-5-7-14-10-13(4)19(17,18)16-9-8-15(6-2)12(3)11-16/h12-14H,5-11H2,1-4H3. The number of hydrogen-bond acceptors (Lipinski definition) is 4. The second-order valence-corrected chi connectivity index (χ2v) is 7.75. The van der Waals surface area contributed by atoms with Crippen LogP contribution >= 0.6 is 0 Å². The van der Waals surface area contributed by atoms with E-state index in [1.165, 1.54) is 0 Å². The molecule has 1 heterocycles. The lowest BCUT2D eigenvalue weighted by Gasteiger charge is -2.39. The van der Waals surface area contributed by atoms with Crippen molar-refractivity contribution in [3.8, 4) is 0 Å². The number of nitrogens with zero attached hydrogens (tertiary/aromatic N) is 2. The second kappa shape index (κ2) is 7.57. The van der Waals surface area contributed by atoms with Crippen molar-refractivity contribution in [3.63, 3.8) is 0 Å². The normalized spacial score (nSPS) is 24.5. The maximum absolute atomic E-state index is 12.5. The zero-order valence-corrected chi connectivity index (χ0v) is 13.5. The lowest BCUT2D eigenvalue weighted by Crippen LogP contribution is -2.55. The van der Waals surface area contributed by atoms with Gasteiger partial charge in [0.15, 0.2) is 0 Å². The Morgan fingerprint density at radius 3 is 2.53 bits per heavy atom. The van der Waals surface area contributed by atoms with E-state index in [4.69, 9.17) is 0 Å². The molecule has 0 saturated carbocycles. The Morgan fingerprint density at radius 2 is 2.00 bits per heavy atom. The van der Waals surface area contributed by atoms with E-state index >= 15 is 0 Å². The predicted molar refractivity (Wildman–Crippen MR) is 79.8 cm³/mol. The molecule has 0 bridgehead atoms. The third kappa shape index (κ3) is 4.41. The van der Waals surface area contributed by atoms with Gasteiger partial charge in [-0.3, -0.25) is 4.90 Å². The van der Waals surface area contributed by atoms with Crippen LogP contribution in [0, 0.1) is 0 Å². The van der Waals surface area contributed by atoms with E-state index in [1.807, 2.05) is 0 Å². The number of nitrogens with one attached hydrogen (secondary N) is 1. The number of likely N-dealkylation sites (N-methyl/N-ethyl adjacent to an activating group) is 1. The smallest absolute Gasteiger partial charge is 0.218 e. The van der Waals surface area contributed by atoms with Crippen LogP contribution in [0.5, 0.6) is 0 Å². The molecule has 1 rings (SSSR count). The third-order valence-corrected chi connectivity index (χ3v) is 6.10. The van der Waals surface area contributed by atoms with Crippen LogP contribution < -0.4 is 5.32 Å². The van der Waals surface area contributed by atoms with Crippen LogP contribution in [0.1, 0.15) is 34.1 Å². The highest BCUT2D eigenvalue weighted by molar-refractivity contribution is 7.89. The first-order valence-corrected chi connectivity index (χ1v) is 8.87. The first-order chi connectivity index (χ1) is 8.93. The van der Waals surface area contributed by atoms with E-state index in [-0.39, 0.29) is 5.25 Å². The molecule has 0 aromatic carbocycles. The van der Waals surface area contributed by atoms with Crippen LogP contribution in [-0.2, 0) is 10.0 Å². The molecule has 2 atom stereocenters. The molecule has 1 N–H and O–H groups in total. The molecular formula is C13H29N3O2S. The molecule has 6 heteroatoms. The average molecular weight is 291 g/mol. The third-order valence-electron chi connectivity index (χ3n) is 3.86. The van der Waals surface area contributed by atoms with Gasteiger partial charge < -0.3 is 5.32 Å². The van der Waals surface area contributed by atoms with E-state index in [2.05, 4.69) is 31.0 Å². The molecule has 2 unspecified atom stereocenters. The Bertz CT molecular complexity index is 359. The molecule has 19 heavy (non-hydrogen) atoms. The van der Waals surface area contributed by atoms with E-state index in [0.717, 1.165) is 26.1 Å². The molecule has 0 spiro atoms. The van der Waals surface area contributed by atoms with Crippen LogP contribution in [0.15, 0.2) is 0 Å². The Morgan fingerprint density at radius 1 is 1.32 bits per heavy atom. The Kier molecular flexibility index (Phi) is 6.73. The van der Waals surface area contributed by atoms with Crippen molar-refractivity contribution < 1.29 is 8.42 Å². The van der Waals surface area contributed by atoms with Gasteiger partial charge in [-0.25, -0.2) is 8.42 Å². The highest BCUT2D eigenvalue weighted by atomic mass is 32.2. The molecule has 0 aromatic rings. The summed E-state index contributed by atoms with van der Waals surface area (Å²) in [6.07, 6.45) is 1.03. The van der Waals surface area contributed by atoms with Crippen molar-refractivity contribution in [2.45, 2.75) is 45.4 Å². The highest BCUT2D eigenvalue weighted by Crippen LogP contribution is 2.16. The van der Waals surface area contributed by atoms with Crippen molar-refractivity contribution >= 4 is 10.0 Å². The quantitative estimate of drug-likeness (QED) is 0.703. The molecule has 0 aliphatic carbocycles. The SMILES string of the molecule is CCCNCC(C)S(=O)(=O)N1CCN(CC)C(C)C1. The van der Waals surface area contributed by atoms with Gasteiger partial charge in [-0.15, -0.1) is 0 Å². The van der Waals surface area contributed by atoms with Crippen LogP contribution in [0.3, 0.4) is 0 Å². The summed E-state index contributed by atoms with van der Waals surface area (Å²) in [4.78, 5) is 2.33. The van der Waals surface area contributed by atoms with Gasteiger partial charge in [0.25, 0.3) is 0 Å². The summed E-state index contributed by atoms with van der Waals surface area (Å²) in [6, 6.07) is 0.310. The molecule has 0 aromatic heterocycles. The summed E-state index contributed by atoms with van der Waals surface area (Å²) in [5.74, 6) is 0. The molecule has 1 aliphatic heterocycles. The molecule has 5 nitrogen and oxygen atoms in total. The monoisotopic (exact) mass is 291 g/mol. The summed E-state index contributed by atoms with van der Waals surface area (Å²) in [5.41, 5.74) is 0. The summed E-state index contributed by atoms with van der Waals surface area (Å²) in [7, 11) is -3.16. The summed E-state index contributed by atoms with van der Waals surface area (Å²) >= 11 is 0. The summed E-state index contributed by atoms with van der Waals surface area (Å²) < 4.78 is 26.6. The first-order valence-electron chi connectivity index (χ1n) is 7.37. The van der Waals surface area contributed by atoms with E-state index in [9.17, 15) is 8.42 Å². The first kappa shape index (κ1) is 16.9. The highest BCUT2D eigenvalue weighted by Gasteiger charge is 2.33. The minimum absolute atomic E-state index is 0.310. The summed E-state index contributed by atoms with van der Waals surface area (Å²) in [6.45, 7) is 12.6. The lowest BCUT2D eigenvalue weighted by molar-refractivity contribution is 0.135. The van der Waals surface area contributed by atoms with Gasteiger partial charge in [0.2, 0.25) is 10.0 Å². The minimum Gasteiger partial charge on any atom is -0.315 e. The van der Waals surface area contributed by atoms with Gasteiger partial charge in [-0.1, -0.05) is 13.8 Å². The number of rotatable bonds is 7. The maximum Gasteiger partial charge on any atom is 0.218 e. The van der Waals surface area contributed by atoms with Crippen LogP contribution in [0.25, 0.3) is 0 Å². The number of sulfonamides is 1. The van der Waals surface area contributed by atoms with Gasteiger partial charge in [0, 0.05) is 32.2 Å². The molecule has 0 radical (unpaired) electrons. The van der Waals surface area contributed by atoms with Gasteiger partial charge >= 0.3 is 0 Å². The van der Waals surface area contributed by atoms with Crippen molar-refractivity contribution in [1.82, 2.24) is 14.5 Å². The average Bonchev–Trinajstić information content (AvgIpc) is 2.38. The van der Waals surface area contributed by atoms with Crippen LogP contribution in [0.2, 0.25) is 0 Å². The molecule has 1 fully saturated rings. The molecular weight excluding hydrogens is 262 g/mol. The minimum atomic E-state index is -3.16. The van der Waals surface area contributed by atoms with Crippen molar-refractivity contribution in [2.75, 3.05) is 39.3 Å². The molecule has 1 saturated heterocycles. The van der Waals surface area contributed by atoms with Gasteiger partial charge in [0.05, 0.1) is 5.25 Å². The number of piperazine rings is 1. The fourth-order valence-corrected chi connectivity index (χ4v) is 4.10. The topological polar surface area (TPSA) is 52.7 Å². The second-order valence-electron chi connectivity index (χ2n) is 5.40. The van der Waals surface area contributed by atoms with Crippen molar-refractivity contribution in [2.24, 2.45) is 0 Å². The van der Waals surface area contributed by atoms with E-state index < -0.39 is 10.0 Å². The number of hydrogen-bond donors (Lipinski definition) is 1. The maximum atomic E-state index is 12.5. The van der Waals surface area contributed by atoms with E-state index in [1.54, 1.807) is 11.2 Å². The fourth-order valence-electron chi connectivity index (χ4n) is 2.50. The Labute approximate surface area is 118 Å². The molecule has 114 valence electrons. The molecule has 0 amide bonds. The van der Waals surface area contributed by atoms with Gasteiger partial charge in [-0.05, 0) is 33.4 Å². The van der Waals surface area contributed by atoms with Gasteiger partial charge in [0.1, 0.15) is 0 Å². The zero-order chi connectivity index (χ0) is 14.5. The van der Waals surface area contributed by atoms with Gasteiger partial charge in [-0.2, -0.15) is 4.31 Å². The van der Waals surface area contributed by atoms with E-state index in [0.29, 0.717) is 25.7 Å². The Balaban J connectivity index is 2.58. The zero-order valence-electron chi connectivity index (χ0n) is 12.7. The van der Waals surface area contributed by atoms with Crippen LogP contribution in [0.4, 0.5) is 0 Å². The van der Waals surface area contributed by atoms with Crippen LogP contribution in [-0.4, -0.2) is 68.2 Å². The van der Waals surface area contributed by atoms with Crippen molar-refractivity contribution in [3.05, 3.63) is 0 Å².